The summed E-state index contributed by atoms with van der Waals surface area (Å²) >= 11 is 0. The Bertz CT molecular complexity index is 189. The molecule has 12 heavy (non-hydrogen) atoms. The van der Waals surface area contributed by atoms with Crippen LogP contribution in [0.25, 0.3) is 0 Å². The van der Waals surface area contributed by atoms with Gasteiger partial charge in [0, 0.05) is 6.21 Å². The fourth-order valence-corrected chi connectivity index (χ4v) is 0.969. The topological polar surface area (TPSA) is 21.6 Å². The van der Waals surface area contributed by atoms with Gasteiger partial charge >= 0.3 is 0 Å². The van der Waals surface area contributed by atoms with E-state index in [-0.39, 0.29) is 11.6 Å². The number of aliphatic imine (C=N–C) groups is 1. The van der Waals surface area contributed by atoms with Gasteiger partial charge < -0.3 is 4.74 Å². The fraction of sp³-hybridized carbons (Fsp3) is 0.700. The van der Waals surface area contributed by atoms with E-state index in [2.05, 4.69) is 25.8 Å². The fourth-order valence-electron chi connectivity index (χ4n) is 0.969. The highest BCUT2D eigenvalue weighted by Crippen LogP contribution is 2.11. The molecule has 0 saturated heterocycles. The van der Waals surface area contributed by atoms with Gasteiger partial charge in [-0.1, -0.05) is 0 Å². The van der Waals surface area contributed by atoms with E-state index >= 15 is 0 Å². The lowest BCUT2D eigenvalue weighted by Crippen LogP contribution is -2.18. The number of hydrogen-bond acceptors (Lipinski definition) is 2. The summed E-state index contributed by atoms with van der Waals surface area (Å²) < 4.78 is 5.34. The SMILES string of the molecule is CC(C)(C)N=CC1CCC=CO1. The third-order valence-electron chi connectivity index (χ3n) is 1.60. The monoisotopic (exact) mass is 167 g/mol. The summed E-state index contributed by atoms with van der Waals surface area (Å²) in [5.41, 5.74) is 0.0184. The maximum absolute atomic E-state index is 5.34. The Morgan fingerprint density at radius 2 is 2.25 bits per heavy atom. The van der Waals surface area contributed by atoms with Gasteiger partial charge in [0.1, 0.15) is 6.10 Å². The van der Waals surface area contributed by atoms with E-state index in [1.54, 1.807) is 6.26 Å². The Labute approximate surface area is 74.3 Å². The minimum Gasteiger partial charge on any atom is -0.493 e. The van der Waals surface area contributed by atoms with Crippen LogP contribution in [0.4, 0.5) is 0 Å². The molecule has 1 atom stereocenters. The van der Waals surface area contributed by atoms with Crippen molar-refractivity contribution in [2.24, 2.45) is 4.99 Å². The van der Waals surface area contributed by atoms with Gasteiger partial charge in [-0.15, -0.1) is 0 Å². The number of ether oxygens (including phenoxy) is 1. The van der Waals surface area contributed by atoms with E-state index < -0.39 is 0 Å². The predicted molar refractivity (Wildman–Crippen MR) is 51.5 cm³/mol. The molecule has 0 radical (unpaired) electrons. The van der Waals surface area contributed by atoms with Crippen molar-refractivity contribution >= 4 is 6.21 Å². The molecule has 0 amide bonds. The second-order valence-electron chi connectivity index (χ2n) is 4.07. The van der Waals surface area contributed by atoms with Gasteiger partial charge in [-0.2, -0.15) is 0 Å². The van der Waals surface area contributed by atoms with E-state index in [0.717, 1.165) is 12.8 Å². The van der Waals surface area contributed by atoms with E-state index in [4.69, 9.17) is 4.74 Å². The Hall–Kier alpha value is -0.790. The first-order chi connectivity index (χ1) is 5.58. The van der Waals surface area contributed by atoms with Crippen molar-refractivity contribution in [3.05, 3.63) is 12.3 Å². The van der Waals surface area contributed by atoms with Gasteiger partial charge in [-0.3, -0.25) is 4.99 Å². The van der Waals surface area contributed by atoms with E-state index in [1.807, 2.05) is 12.3 Å². The Morgan fingerprint density at radius 1 is 1.50 bits per heavy atom. The van der Waals surface area contributed by atoms with Crippen LogP contribution in [0.5, 0.6) is 0 Å². The summed E-state index contributed by atoms with van der Waals surface area (Å²) in [6.45, 7) is 6.26. The minimum atomic E-state index is 0.0184. The van der Waals surface area contributed by atoms with Crippen LogP contribution in [0, 0.1) is 0 Å². The summed E-state index contributed by atoms with van der Waals surface area (Å²) in [5.74, 6) is 0. The summed E-state index contributed by atoms with van der Waals surface area (Å²) in [6.07, 6.45) is 8.07. The standard InChI is InChI=1S/C10H17NO/c1-10(2,3)11-8-9-6-4-5-7-12-9/h5,7-9H,4,6H2,1-3H3. The van der Waals surface area contributed by atoms with Gasteiger partial charge in [0.2, 0.25) is 0 Å². The van der Waals surface area contributed by atoms with Crippen LogP contribution < -0.4 is 0 Å². The molecule has 68 valence electrons. The van der Waals surface area contributed by atoms with Crippen LogP contribution in [-0.4, -0.2) is 17.9 Å². The highest BCUT2D eigenvalue weighted by atomic mass is 16.5. The van der Waals surface area contributed by atoms with Crippen molar-refractivity contribution in [3.63, 3.8) is 0 Å². The van der Waals surface area contributed by atoms with Crippen molar-refractivity contribution in [1.29, 1.82) is 0 Å². The Kier molecular flexibility index (Phi) is 2.90. The van der Waals surface area contributed by atoms with Gasteiger partial charge in [0.05, 0.1) is 11.8 Å². The molecule has 0 saturated carbocycles. The van der Waals surface area contributed by atoms with Gasteiger partial charge in [-0.05, 0) is 39.7 Å². The highest BCUT2D eigenvalue weighted by Gasteiger charge is 2.10. The largest absolute Gasteiger partial charge is 0.493 e. The van der Waals surface area contributed by atoms with E-state index in [9.17, 15) is 0 Å². The van der Waals surface area contributed by atoms with Crippen molar-refractivity contribution in [3.8, 4) is 0 Å². The number of hydrogen-bond donors (Lipinski definition) is 0. The maximum Gasteiger partial charge on any atom is 0.133 e. The molecule has 0 aromatic carbocycles. The first kappa shape index (κ1) is 9.30. The lowest BCUT2D eigenvalue weighted by atomic mass is 10.1. The van der Waals surface area contributed by atoms with Gasteiger partial charge in [0.15, 0.2) is 0 Å². The van der Waals surface area contributed by atoms with Crippen molar-refractivity contribution in [2.75, 3.05) is 0 Å². The zero-order chi connectivity index (χ0) is 9.03. The number of allylic oxidation sites excluding steroid dienone is 1. The van der Waals surface area contributed by atoms with Crippen LogP contribution in [0.15, 0.2) is 17.3 Å². The summed E-state index contributed by atoms with van der Waals surface area (Å²) in [5, 5.41) is 0. The molecule has 0 aromatic rings. The van der Waals surface area contributed by atoms with E-state index in [0.29, 0.717) is 0 Å². The zero-order valence-electron chi connectivity index (χ0n) is 8.08. The molecular weight excluding hydrogens is 150 g/mol. The summed E-state index contributed by atoms with van der Waals surface area (Å²) in [4.78, 5) is 4.40. The predicted octanol–water partition coefficient (Wildman–Crippen LogP) is 2.55. The highest BCUT2D eigenvalue weighted by molar-refractivity contribution is 5.63. The molecule has 0 N–H and O–H groups in total. The summed E-state index contributed by atoms with van der Waals surface area (Å²) in [7, 11) is 0. The van der Waals surface area contributed by atoms with Crippen LogP contribution >= 0.6 is 0 Å². The number of rotatable bonds is 1. The molecule has 0 aliphatic carbocycles. The first-order valence-corrected chi connectivity index (χ1v) is 4.44. The molecule has 0 spiro atoms. The number of nitrogens with zero attached hydrogens (tertiary/aromatic N) is 1. The molecule has 0 fully saturated rings. The average molecular weight is 167 g/mol. The molecule has 0 bridgehead atoms. The lowest BCUT2D eigenvalue weighted by Gasteiger charge is -2.17. The molecule has 1 heterocycles. The van der Waals surface area contributed by atoms with Crippen LogP contribution in [0.3, 0.4) is 0 Å². The molecule has 2 nitrogen and oxygen atoms in total. The van der Waals surface area contributed by atoms with Crippen molar-refractivity contribution in [2.45, 2.75) is 45.3 Å². The van der Waals surface area contributed by atoms with Crippen molar-refractivity contribution in [1.82, 2.24) is 0 Å². The molecule has 1 aliphatic rings. The first-order valence-electron chi connectivity index (χ1n) is 4.44. The molecule has 0 aromatic heterocycles. The molecule has 1 unspecified atom stereocenters. The average Bonchev–Trinajstić information content (AvgIpc) is 2.02. The second-order valence-corrected chi connectivity index (χ2v) is 4.07. The quantitative estimate of drug-likeness (QED) is 0.550. The minimum absolute atomic E-state index is 0.0184. The smallest absolute Gasteiger partial charge is 0.133 e. The van der Waals surface area contributed by atoms with Gasteiger partial charge in [-0.25, -0.2) is 0 Å². The lowest BCUT2D eigenvalue weighted by molar-refractivity contribution is 0.184. The van der Waals surface area contributed by atoms with Crippen LogP contribution in [0.1, 0.15) is 33.6 Å². The third-order valence-corrected chi connectivity index (χ3v) is 1.60. The Morgan fingerprint density at radius 3 is 2.75 bits per heavy atom. The van der Waals surface area contributed by atoms with Crippen LogP contribution in [0.2, 0.25) is 0 Å². The molecule has 2 heteroatoms. The van der Waals surface area contributed by atoms with E-state index in [1.165, 1.54) is 0 Å². The Balaban J connectivity index is 2.40. The zero-order valence-corrected chi connectivity index (χ0v) is 8.08. The normalized spacial score (nSPS) is 24.4. The maximum atomic E-state index is 5.34. The van der Waals surface area contributed by atoms with Crippen LogP contribution in [-0.2, 0) is 4.74 Å². The van der Waals surface area contributed by atoms with Gasteiger partial charge in [0.25, 0.3) is 0 Å². The molecule has 1 rings (SSSR count). The molecule has 1 aliphatic heterocycles. The van der Waals surface area contributed by atoms with Crippen molar-refractivity contribution < 1.29 is 4.74 Å². The summed E-state index contributed by atoms with van der Waals surface area (Å²) in [6, 6.07) is 0. The molecular formula is C10H17NO. The third kappa shape index (κ3) is 3.56. The second kappa shape index (κ2) is 3.74.